The van der Waals surface area contributed by atoms with Crippen molar-refractivity contribution in [3.05, 3.63) is 0 Å². The lowest BCUT2D eigenvalue weighted by atomic mass is 9.97. The largest absolute Gasteiger partial charge is 0.463 e. The molecule has 0 radical (unpaired) electrons. The monoisotopic (exact) mass is 460 g/mol. The first-order chi connectivity index (χ1) is 14.8. The predicted molar refractivity (Wildman–Crippen MR) is 111 cm³/mol. The summed E-state index contributed by atoms with van der Waals surface area (Å²) < 4.78 is 27.1. The van der Waals surface area contributed by atoms with Crippen molar-refractivity contribution in [2.75, 3.05) is 6.61 Å². The summed E-state index contributed by atoms with van der Waals surface area (Å²) in [6, 6.07) is 0. The van der Waals surface area contributed by atoms with E-state index in [1.165, 1.54) is 0 Å². The maximum atomic E-state index is 12.4. The number of rotatable bonds is 9. The van der Waals surface area contributed by atoms with Gasteiger partial charge in [0.2, 0.25) is 0 Å². The van der Waals surface area contributed by atoms with Crippen LogP contribution in [0, 0.1) is 23.7 Å². The third-order valence-electron chi connectivity index (χ3n) is 4.64. The molecular formula is C22H36O10. The number of carbonyl (C=O) groups is 4. The average Bonchev–Trinajstić information content (AvgIpc) is 2.69. The van der Waals surface area contributed by atoms with Crippen molar-refractivity contribution < 1.29 is 48.0 Å². The lowest BCUT2D eigenvalue weighted by molar-refractivity contribution is -0.298. The van der Waals surface area contributed by atoms with Crippen LogP contribution in [0.3, 0.4) is 0 Å². The number of hydrogen-bond donors (Lipinski definition) is 1. The van der Waals surface area contributed by atoms with Gasteiger partial charge in [-0.25, -0.2) is 0 Å². The molecule has 0 amide bonds. The summed E-state index contributed by atoms with van der Waals surface area (Å²) in [5.74, 6) is -4.51. The summed E-state index contributed by atoms with van der Waals surface area (Å²) in [5, 5.41) is 10.6. The van der Waals surface area contributed by atoms with Crippen LogP contribution in [0.25, 0.3) is 0 Å². The van der Waals surface area contributed by atoms with Crippen molar-refractivity contribution in [2.45, 2.75) is 86.1 Å². The van der Waals surface area contributed by atoms with Crippen LogP contribution in [0.1, 0.15) is 55.4 Å². The van der Waals surface area contributed by atoms with E-state index in [4.69, 9.17) is 23.7 Å². The summed E-state index contributed by atoms with van der Waals surface area (Å²) in [4.78, 5) is 48.9. The molecular weight excluding hydrogens is 424 g/mol. The zero-order valence-electron chi connectivity index (χ0n) is 20.0. The van der Waals surface area contributed by atoms with E-state index in [1.807, 2.05) is 0 Å². The van der Waals surface area contributed by atoms with Gasteiger partial charge in [-0.05, 0) is 0 Å². The molecule has 10 heteroatoms. The fourth-order valence-corrected chi connectivity index (χ4v) is 2.57. The molecule has 1 N–H and O–H groups in total. The summed E-state index contributed by atoms with van der Waals surface area (Å²) in [6.45, 7) is 12.5. The molecule has 32 heavy (non-hydrogen) atoms. The Labute approximate surface area is 188 Å². The van der Waals surface area contributed by atoms with Crippen LogP contribution in [0.15, 0.2) is 0 Å². The van der Waals surface area contributed by atoms with Crippen LogP contribution in [0.2, 0.25) is 0 Å². The highest BCUT2D eigenvalue weighted by atomic mass is 16.7. The van der Waals surface area contributed by atoms with Gasteiger partial charge in [0.1, 0.15) is 12.7 Å². The number of aliphatic hydroxyl groups excluding tert-OH is 1. The highest BCUT2D eigenvalue weighted by Crippen LogP contribution is 2.29. The molecule has 2 unspecified atom stereocenters. The Balaban J connectivity index is 3.32. The molecule has 1 aliphatic heterocycles. The summed E-state index contributed by atoms with van der Waals surface area (Å²) in [5.41, 5.74) is 0. The number of aliphatic hydroxyl groups is 1. The number of ether oxygens (including phenoxy) is 5. The van der Waals surface area contributed by atoms with E-state index in [9.17, 15) is 24.3 Å². The van der Waals surface area contributed by atoms with Crippen LogP contribution in [0.4, 0.5) is 0 Å². The molecule has 0 bridgehead atoms. The van der Waals surface area contributed by atoms with Crippen molar-refractivity contribution in [3.63, 3.8) is 0 Å². The molecule has 0 aromatic carbocycles. The second-order valence-corrected chi connectivity index (χ2v) is 9.02. The molecule has 0 spiro atoms. The molecule has 0 aromatic heterocycles. The number of esters is 4. The van der Waals surface area contributed by atoms with E-state index < -0.39 is 78.3 Å². The van der Waals surface area contributed by atoms with E-state index in [0.717, 1.165) is 0 Å². The van der Waals surface area contributed by atoms with Crippen LogP contribution in [-0.4, -0.2) is 66.3 Å². The Morgan fingerprint density at radius 3 is 1.44 bits per heavy atom. The van der Waals surface area contributed by atoms with E-state index in [-0.39, 0.29) is 6.61 Å². The normalized spacial score (nSPS) is 25.7. The topological polar surface area (TPSA) is 135 Å². The standard InChI is InChI=1S/C22H36O10/c1-10(2)18(23)28-9-14-15(30-19(24)11(3)4)16(31-20(25)12(5)6)17(22(27)29-14)32-21(26)13(7)8/h10-17,22,27H,9H2,1-8H3/t14?,15-,16-,17?,22+/m0/s1. The fourth-order valence-electron chi connectivity index (χ4n) is 2.57. The van der Waals surface area contributed by atoms with Gasteiger partial charge in [-0.2, -0.15) is 0 Å². The van der Waals surface area contributed by atoms with E-state index in [0.29, 0.717) is 0 Å². The lowest BCUT2D eigenvalue weighted by Gasteiger charge is -2.43. The SMILES string of the molecule is CC(C)C(=O)OCC1O[C@@H](O)C(OC(=O)C(C)C)[C@@H](OC(=O)C(C)C)[C@H]1OC(=O)C(C)C. The Morgan fingerprint density at radius 2 is 1.03 bits per heavy atom. The van der Waals surface area contributed by atoms with Crippen LogP contribution in [-0.2, 0) is 42.9 Å². The van der Waals surface area contributed by atoms with Gasteiger partial charge >= 0.3 is 23.9 Å². The van der Waals surface area contributed by atoms with Crippen molar-refractivity contribution in [2.24, 2.45) is 23.7 Å². The van der Waals surface area contributed by atoms with Gasteiger partial charge in [0.15, 0.2) is 24.6 Å². The van der Waals surface area contributed by atoms with Crippen molar-refractivity contribution in [3.8, 4) is 0 Å². The Bertz CT molecular complexity index is 670. The van der Waals surface area contributed by atoms with Gasteiger partial charge < -0.3 is 28.8 Å². The van der Waals surface area contributed by atoms with Gasteiger partial charge in [0.05, 0.1) is 23.7 Å². The highest BCUT2D eigenvalue weighted by molar-refractivity contribution is 5.74. The smallest absolute Gasteiger partial charge is 0.308 e. The molecule has 0 saturated carbocycles. The second-order valence-electron chi connectivity index (χ2n) is 9.02. The second kappa shape index (κ2) is 12.2. The molecule has 1 saturated heterocycles. The van der Waals surface area contributed by atoms with Crippen molar-refractivity contribution in [1.82, 2.24) is 0 Å². The fraction of sp³-hybridized carbons (Fsp3) is 0.818. The molecule has 1 aliphatic rings. The quantitative estimate of drug-likeness (QED) is 0.399. The third-order valence-corrected chi connectivity index (χ3v) is 4.64. The maximum absolute atomic E-state index is 12.4. The molecule has 0 aliphatic carbocycles. The predicted octanol–water partition coefficient (Wildman–Crippen LogP) is 1.61. The minimum atomic E-state index is -1.71. The van der Waals surface area contributed by atoms with Gasteiger partial charge in [-0.15, -0.1) is 0 Å². The van der Waals surface area contributed by atoms with Gasteiger partial charge in [-0.3, -0.25) is 19.2 Å². The first kappa shape index (κ1) is 27.8. The van der Waals surface area contributed by atoms with Gasteiger partial charge in [-0.1, -0.05) is 55.4 Å². The maximum Gasteiger partial charge on any atom is 0.308 e. The van der Waals surface area contributed by atoms with Crippen molar-refractivity contribution in [1.29, 1.82) is 0 Å². The first-order valence-electron chi connectivity index (χ1n) is 10.9. The van der Waals surface area contributed by atoms with E-state index in [2.05, 4.69) is 0 Å². The Kier molecular flexibility index (Phi) is 10.6. The Morgan fingerprint density at radius 1 is 0.656 bits per heavy atom. The zero-order valence-corrected chi connectivity index (χ0v) is 20.0. The molecule has 1 fully saturated rings. The summed E-state index contributed by atoms with van der Waals surface area (Å²) in [7, 11) is 0. The Hall–Kier alpha value is -2.20. The van der Waals surface area contributed by atoms with Gasteiger partial charge in [0.25, 0.3) is 0 Å². The zero-order chi connectivity index (χ0) is 24.7. The molecule has 184 valence electrons. The molecule has 10 nitrogen and oxygen atoms in total. The van der Waals surface area contributed by atoms with Crippen LogP contribution < -0.4 is 0 Å². The minimum absolute atomic E-state index is 0.370. The molecule has 1 rings (SSSR count). The third kappa shape index (κ3) is 7.74. The van der Waals surface area contributed by atoms with E-state index in [1.54, 1.807) is 55.4 Å². The molecule has 1 heterocycles. The molecule has 0 aromatic rings. The average molecular weight is 461 g/mol. The number of hydrogen-bond acceptors (Lipinski definition) is 10. The molecule has 5 atom stereocenters. The lowest BCUT2D eigenvalue weighted by Crippen LogP contribution is -2.63. The minimum Gasteiger partial charge on any atom is -0.463 e. The van der Waals surface area contributed by atoms with Crippen molar-refractivity contribution >= 4 is 23.9 Å². The first-order valence-corrected chi connectivity index (χ1v) is 10.9. The highest BCUT2D eigenvalue weighted by Gasteiger charge is 2.52. The number of carbonyl (C=O) groups excluding carboxylic acids is 4. The summed E-state index contributed by atoms with van der Waals surface area (Å²) >= 11 is 0. The van der Waals surface area contributed by atoms with Crippen LogP contribution in [0.5, 0.6) is 0 Å². The summed E-state index contributed by atoms with van der Waals surface area (Å²) in [6.07, 6.45) is -6.98. The van der Waals surface area contributed by atoms with Gasteiger partial charge in [0, 0.05) is 0 Å². The van der Waals surface area contributed by atoms with Crippen LogP contribution >= 0.6 is 0 Å². The van der Waals surface area contributed by atoms with E-state index >= 15 is 0 Å².